The van der Waals surface area contributed by atoms with E-state index in [4.69, 9.17) is 15.9 Å². The van der Waals surface area contributed by atoms with Crippen LogP contribution in [0.15, 0.2) is 18.2 Å². The highest BCUT2D eigenvalue weighted by Gasteiger charge is 2.17. The zero-order valence-electron chi connectivity index (χ0n) is 9.62. The van der Waals surface area contributed by atoms with Gasteiger partial charge in [0.2, 0.25) is 0 Å². The van der Waals surface area contributed by atoms with Crippen LogP contribution in [0.3, 0.4) is 0 Å². The summed E-state index contributed by atoms with van der Waals surface area (Å²) >= 11 is 0. The molecule has 1 aromatic carbocycles. The van der Waals surface area contributed by atoms with Crippen LogP contribution in [0.4, 0.5) is 0 Å². The highest BCUT2D eigenvalue weighted by Crippen LogP contribution is 2.23. The van der Waals surface area contributed by atoms with Gasteiger partial charge in [-0.3, -0.25) is 5.41 Å². The van der Waals surface area contributed by atoms with E-state index in [9.17, 15) is 0 Å². The van der Waals surface area contributed by atoms with Gasteiger partial charge in [-0.1, -0.05) is 12.1 Å². The molecular weight excluding hydrogens is 200 g/mol. The first-order chi connectivity index (χ1) is 7.66. The molecule has 0 aromatic heterocycles. The Labute approximate surface area is 96.1 Å². The third kappa shape index (κ3) is 2.42. The molecule has 3 N–H and O–H groups in total. The fraction of sp³-hybridized carbons (Fsp3) is 0.462. The SMILES string of the molecule is Cc1cc(C(=N)N)ccc1COC1CCC1. The summed E-state index contributed by atoms with van der Waals surface area (Å²) in [4.78, 5) is 0. The second kappa shape index (κ2) is 4.66. The van der Waals surface area contributed by atoms with Crippen LogP contribution < -0.4 is 5.73 Å². The molecule has 1 aliphatic rings. The first-order valence-electron chi connectivity index (χ1n) is 5.72. The molecule has 2 rings (SSSR count). The van der Waals surface area contributed by atoms with E-state index in [2.05, 4.69) is 0 Å². The van der Waals surface area contributed by atoms with Gasteiger partial charge in [0.1, 0.15) is 5.84 Å². The summed E-state index contributed by atoms with van der Waals surface area (Å²) in [5, 5.41) is 7.36. The van der Waals surface area contributed by atoms with Crippen LogP contribution in [0.25, 0.3) is 0 Å². The van der Waals surface area contributed by atoms with Crippen molar-refractivity contribution in [2.75, 3.05) is 0 Å². The van der Waals surface area contributed by atoms with E-state index in [0.717, 1.165) is 11.1 Å². The van der Waals surface area contributed by atoms with Crippen LogP contribution in [0.1, 0.15) is 36.0 Å². The van der Waals surface area contributed by atoms with Crippen molar-refractivity contribution in [1.82, 2.24) is 0 Å². The summed E-state index contributed by atoms with van der Waals surface area (Å²) in [6.07, 6.45) is 4.16. The summed E-state index contributed by atoms with van der Waals surface area (Å²) < 4.78 is 5.76. The molecular formula is C13H18N2O. The lowest BCUT2D eigenvalue weighted by Crippen LogP contribution is -2.21. The highest BCUT2D eigenvalue weighted by atomic mass is 16.5. The molecule has 0 heterocycles. The van der Waals surface area contributed by atoms with Crippen molar-refractivity contribution >= 4 is 5.84 Å². The molecule has 0 amide bonds. The van der Waals surface area contributed by atoms with Crippen molar-refractivity contribution in [3.8, 4) is 0 Å². The first-order valence-corrected chi connectivity index (χ1v) is 5.72. The number of benzene rings is 1. The standard InChI is InChI=1S/C13H18N2O/c1-9-7-10(13(14)15)5-6-11(9)8-16-12-3-2-4-12/h5-7,12H,2-4,8H2,1H3,(H3,14,15). The average Bonchev–Trinajstić information content (AvgIpc) is 2.17. The normalized spacial score (nSPS) is 15.8. The molecule has 16 heavy (non-hydrogen) atoms. The lowest BCUT2D eigenvalue weighted by atomic mass is 9.96. The zero-order valence-corrected chi connectivity index (χ0v) is 9.62. The van der Waals surface area contributed by atoms with Crippen molar-refractivity contribution in [2.24, 2.45) is 5.73 Å². The molecule has 1 aromatic rings. The molecule has 1 aliphatic carbocycles. The lowest BCUT2D eigenvalue weighted by molar-refractivity contribution is -0.00885. The van der Waals surface area contributed by atoms with E-state index in [-0.39, 0.29) is 5.84 Å². The van der Waals surface area contributed by atoms with E-state index in [0.29, 0.717) is 12.7 Å². The average molecular weight is 218 g/mol. The molecule has 0 aliphatic heterocycles. The van der Waals surface area contributed by atoms with Crippen LogP contribution in [0.5, 0.6) is 0 Å². The summed E-state index contributed by atoms with van der Waals surface area (Å²) in [5.74, 6) is 0.120. The monoisotopic (exact) mass is 218 g/mol. The summed E-state index contributed by atoms with van der Waals surface area (Å²) in [6.45, 7) is 2.71. The molecule has 0 spiro atoms. The lowest BCUT2D eigenvalue weighted by Gasteiger charge is -2.25. The Morgan fingerprint density at radius 3 is 2.75 bits per heavy atom. The van der Waals surface area contributed by atoms with Gasteiger partial charge in [0, 0.05) is 5.56 Å². The Morgan fingerprint density at radius 1 is 1.50 bits per heavy atom. The maximum absolute atomic E-state index is 7.36. The highest BCUT2D eigenvalue weighted by molar-refractivity contribution is 5.95. The number of hydrogen-bond acceptors (Lipinski definition) is 2. The van der Waals surface area contributed by atoms with Crippen molar-refractivity contribution in [3.05, 3.63) is 34.9 Å². The predicted molar refractivity (Wildman–Crippen MR) is 64.6 cm³/mol. The number of rotatable bonds is 4. The van der Waals surface area contributed by atoms with Crippen LogP contribution in [0.2, 0.25) is 0 Å². The predicted octanol–water partition coefficient (Wildman–Crippen LogP) is 2.35. The quantitative estimate of drug-likeness (QED) is 0.602. The van der Waals surface area contributed by atoms with E-state index >= 15 is 0 Å². The Hall–Kier alpha value is -1.35. The number of ether oxygens (including phenoxy) is 1. The number of aryl methyl sites for hydroxylation is 1. The largest absolute Gasteiger partial charge is 0.384 e. The van der Waals surface area contributed by atoms with E-state index in [1.54, 1.807) is 0 Å². The van der Waals surface area contributed by atoms with Crippen molar-refractivity contribution in [2.45, 2.75) is 38.9 Å². The summed E-state index contributed by atoms with van der Waals surface area (Å²) in [7, 11) is 0. The molecule has 3 heteroatoms. The van der Waals surface area contributed by atoms with Gasteiger partial charge in [0.15, 0.2) is 0 Å². The molecule has 0 atom stereocenters. The van der Waals surface area contributed by atoms with Gasteiger partial charge in [0.05, 0.1) is 12.7 Å². The molecule has 0 bridgehead atoms. The molecule has 0 unspecified atom stereocenters. The Bertz CT molecular complexity index is 397. The van der Waals surface area contributed by atoms with Crippen LogP contribution >= 0.6 is 0 Å². The first kappa shape index (κ1) is 11.1. The second-order valence-corrected chi connectivity index (χ2v) is 4.42. The van der Waals surface area contributed by atoms with Crippen molar-refractivity contribution < 1.29 is 4.74 Å². The number of nitrogens with one attached hydrogen (secondary N) is 1. The van der Waals surface area contributed by atoms with Crippen molar-refractivity contribution in [1.29, 1.82) is 5.41 Å². The van der Waals surface area contributed by atoms with Crippen LogP contribution in [-0.4, -0.2) is 11.9 Å². The number of nitrogen functional groups attached to an aromatic ring is 1. The fourth-order valence-corrected chi connectivity index (χ4v) is 1.77. The third-order valence-corrected chi connectivity index (χ3v) is 3.18. The molecule has 1 saturated carbocycles. The topological polar surface area (TPSA) is 59.1 Å². The molecule has 0 saturated heterocycles. The number of nitrogens with two attached hydrogens (primary N) is 1. The maximum Gasteiger partial charge on any atom is 0.122 e. The van der Waals surface area contributed by atoms with Crippen LogP contribution in [0, 0.1) is 12.3 Å². The second-order valence-electron chi connectivity index (χ2n) is 4.42. The Kier molecular flexibility index (Phi) is 3.25. The van der Waals surface area contributed by atoms with Gasteiger partial charge >= 0.3 is 0 Å². The minimum atomic E-state index is 0.120. The molecule has 86 valence electrons. The number of amidine groups is 1. The van der Waals surface area contributed by atoms with E-state index in [1.807, 2.05) is 25.1 Å². The smallest absolute Gasteiger partial charge is 0.122 e. The van der Waals surface area contributed by atoms with Gasteiger partial charge < -0.3 is 10.5 Å². The molecule has 1 fully saturated rings. The van der Waals surface area contributed by atoms with Gasteiger partial charge in [-0.05, 0) is 43.4 Å². The molecule has 3 nitrogen and oxygen atoms in total. The maximum atomic E-state index is 7.36. The van der Waals surface area contributed by atoms with Crippen molar-refractivity contribution in [3.63, 3.8) is 0 Å². The third-order valence-electron chi connectivity index (χ3n) is 3.18. The fourth-order valence-electron chi connectivity index (χ4n) is 1.77. The minimum Gasteiger partial charge on any atom is -0.384 e. The zero-order chi connectivity index (χ0) is 11.5. The van der Waals surface area contributed by atoms with Gasteiger partial charge in [0.25, 0.3) is 0 Å². The van der Waals surface area contributed by atoms with Crippen LogP contribution in [-0.2, 0) is 11.3 Å². The summed E-state index contributed by atoms with van der Waals surface area (Å²) in [6, 6.07) is 5.83. The molecule has 0 radical (unpaired) electrons. The Balaban J connectivity index is 2.00. The summed E-state index contributed by atoms with van der Waals surface area (Å²) in [5.41, 5.74) is 8.56. The van der Waals surface area contributed by atoms with E-state index in [1.165, 1.54) is 24.8 Å². The van der Waals surface area contributed by atoms with E-state index < -0.39 is 0 Å². The van der Waals surface area contributed by atoms with Gasteiger partial charge in [-0.15, -0.1) is 0 Å². The minimum absolute atomic E-state index is 0.120. The van der Waals surface area contributed by atoms with Gasteiger partial charge in [-0.2, -0.15) is 0 Å². The van der Waals surface area contributed by atoms with Gasteiger partial charge in [-0.25, -0.2) is 0 Å². The number of hydrogen-bond donors (Lipinski definition) is 2. The Morgan fingerprint density at radius 2 is 2.25 bits per heavy atom.